The maximum atomic E-state index is 13.4. The Hall–Kier alpha value is -3.88. The summed E-state index contributed by atoms with van der Waals surface area (Å²) in [6, 6.07) is 13.6. The van der Waals surface area contributed by atoms with Gasteiger partial charge in [0.2, 0.25) is 0 Å². The molecule has 0 unspecified atom stereocenters. The summed E-state index contributed by atoms with van der Waals surface area (Å²) in [5.41, 5.74) is 1.64. The highest BCUT2D eigenvalue weighted by Crippen LogP contribution is 2.36. The Kier molecular flexibility index (Phi) is 5.27. The van der Waals surface area contributed by atoms with E-state index in [1.807, 2.05) is 0 Å². The van der Waals surface area contributed by atoms with Gasteiger partial charge < -0.3 is 15.0 Å². The van der Waals surface area contributed by atoms with Crippen LogP contribution in [-0.2, 0) is 12.7 Å². The molecular formula is C25H18F4N2O3. The van der Waals surface area contributed by atoms with Crippen LogP contribution in [0.25, 0.3) is 11.1 Å². The summed E-state index contributed by atoms with van der Waals surface area (Å²) in [6.07, 6.45) is -4.91. The van der Waals surface area contributed by atoms with Crippen molar-refractivity contribution >= 4 is 11.8 Å². The minimum absolute atomic E-state index is 0.0395. The second-order valence-corrected chi connectivity index (χ2v) is 8.22. The summed E-state index contributed by atoms with van der Waals surface area (Å²) < 4.78 is 58.4. The summed E-state index contributed by atoms with van der Waals surface area (Å²) in [7, 11) is 0. The molecule has 0 bridgehead atoms. The van der Waals surface area contributed by atoms with Gasteiger partial charge in [-0.15, -0.1) is 0 Å². The van der Waals surface area contributed by atoms with E-state index in [2.05, 4.69) is 5.32 Å². The van der Waals surface area contributed by atoms with Gasteiger partial charge in [-0.2, -0.15) is 13.2 Å². The van der Waals surface area contributed by atoms with Gasteiger partial charge in [-0.05, 0) is 53.6 Å². The lowest BCUT2D eigenvalue weighted by atomic mass is 9.98. The smallest absolute Gasteiger partial charge is 0.416 e. The molecule has 2 heterocycles. The van der Waals surface area contributed by atoms with Crippen LogP contribution in [0.2, 0.25) is 0 Å². The average Bonchev–Trinajstić information content (AvgIpc) is 3.14. The number of nitrogens with one attached hydrogen (secondary N) is 1. The van der Waals surface area contributed by atoms with E-state index in [1.54, 1.807) is 24.3 Å². The fourth-order valence-electron chi connectivity index (χ4n) is 4.07. The van der Waals surface area contributed by atoms with Gasteiger partial charge in [0.05, 0.1) is 18.7 Å². The molecule has 0 spiro atoms. The number of ether oxygens (including phenoxy) is 1. The van der Waals surface area contributed by atoms with Gasteiger partial charge in [-0.25, -0.2) is 4.39 Å². The van der Waals surface area contributed by atoms with E-state index in [4.69, 9.17) is 4.74 Å². The van der Waals surface area contributed by atoms with Crippen LogP contribution in [0, 0.1) is 5.82 Å². The molecule has 0 saturated carbocycles. The van der Waals surface area contributed by atoms with Crippen LogP contribution < -0.4 is 10.1 Å². The molecule has 2 aliphatic heterocycles. The third-order valence-corrected chi connectivity index (χ3v) is 5.91. The number of nitrogens with zero attached hydrogens (tertiary/aromatic N) is 1. The Morgan fingerprint density at radius 3 is 2.44 bits per heavy atom. The normalized spacial score (nSPS) is 15.5. The molecule has 174 valence electrons. The van der Waals surface area contributed by atoms with E-state index in [-0.39, 0.29) is 30.7 Å². The van der Waals surface area contributed by atoms with Crippen molar-refractivity contribution in [3.63, 3.8) is 0 Å². The summed E-state index contributed by atoms with van der Waals surface area (Å²) in [5.74, 6) is -0.620. The molecule has 2 aliphatic rings. The molecule has 3 aromatic carbocycles. The maximum Gasteiger partial charge on any atom is 0.416 e. The van der Waals surface area contributed by atoms with E-state index in [9.17, 15) is 27.2 Å². The monoisotopic (exact) mass is 470 g/mol. The van der Waals surface area contributed by atoms with Crippen LogP contribution in [0.5, 0.6) is 5.75 Å². The number of fused-ring (bicyclic) bond motifs is 1. The lowest BCUT2D eigenvalue weighted by molar-refractivity contribution is -0.137. The zero-order valence-corrected chi connectivity index (χ0v) is 17.7. The van der Waals surface area contributed by atoms with Gasteiger partial charge in [0.1, 0.15) is 17.7 Å². The Labute approximate surface area is 191 Å². The standard InChI is InChI=1S/C25H18F4N2O3/c26-18-6-4-14(5-7-18)20-10-21-16(11-30-23(21)32)9-22(20)34-19-12-31(13-19)24(33)15-2-1-3-17(8-15)25(27,28)29/h1-10,19H,11-13H2,(H,30,32). The topological polar surface area (TPSA) is 58.6 Å². The van der Waals surface area contributed by atoms with Gasteiger partial charge >= 0.3 is 6.18 Å². The van der Waals surface area contributed by atoms with Gasteiger partial charge in [0.25, 0.3) is 11.8 Å². The summed E-state index contributed by atoms with van der Waals surface area (Å²) in [6.45, 7) is 0.761. The van der Waals surface area contributed by atoms with Crippen molar-refractivity contribution in [1.82, 2.24) is 10.2 Å². The first-order valence-corrected chi connectivity index (χ1v) is 10.5. The highest BCUT2D eigenvalue weighted by atomic mass is 19.4. The number of rotatable bonds is 4. The number of likely N-dealkylation sites (tertiary alicyclic amines) is 1. The molecule has 9 heteroatoms. The number of carbonyl (C=O) groups excluding carboxylic acids is 2. The summed E-state index contributed by atoms with van der Waals surface area (Å²) >= 11 is 0. The third kappa shape index (κ3) is 4.09. The Balaban J connectivity index is 1.34. The minimum atomic E-state index is -4.53. The molecule has 1 saturated heterocycles. The van der Waals surface area contributed by atoms with Crippen molar-refractivity contribution in [3.8, 4) is 16.9 Å². The van der Waals surface area contributed by atoms with Crippen LogP contribution in [-0.4, -0.2) is 35.9 Å². The number of carbonyl (C=O) groups is 2. The molecule has 1 fully saturated rings. The average molecular weight is 470 g/mol. The first kappa shape index (κ1) is 21.9. The Morgan fingerprint density at radius 1 is 1.00 bits per heavy atom. The highest BCUT2D eigenvalue weighted by Gasteiger charge is 2.36. The van der Waals surface area contributed by atoms with E-state index in [0.29, 0.717) is 29.0 Å². The molecular weight excluding hydrogens is 452 g/mol. The van der Waals surface area contributed by atoms with Crippen LogP contribution in [0.3, 0.4) is 0 Å². The Morgan fingerprint density at radius 2 is 1.74 bits per heavy atom. The van der Waals surface area contributed by atoms with Crippen LogP contribution in [0.15, 0.2) is 60.7 Å². The summed E-state index contributed by atoms with van der Waals surface area (Å²) in [5, 5.41) is 2.75. The van der Waals surface area contributed by atoms with Gasteiger partial charge in [0.15, 0.2) is 0 Å². The molecule has 3 aromatic rings. The van der Waals surface area contributed by atoms with Crippen LogP contribution in [0.1, 0.15) is 31.8 Å². The predicted octanol–water partition coefficient (Wildman–Crippen LogP) is 4.66. The SMILES string of the molecule is O=C1NCc2cc(OC3CN(C(=O)c4cccc(C(F)(F)F)c4)C3)c(-c3ccc(F)cc3)cc21. The Bertz CT molecular complexity index is 1280. The third-order valence-electron chi connectivity index (χ3n) is 5.91. The van der Waals surface area contributed by atoms with Crippen LogP contribution >= 0.6 is 0 Å². The van der Waals surface area contributed by atoms with Crippen molar-refractivity contribution in [2.45, 2.75) is 18.8 Å². The molecule has 0 atom stereocenters. The molecule has 2 amide bonds. The molecule has 0 radical (unpaired) electrons. The van der Waals surface area contributed by atoms with E-state index >= 15 is 0 Å². The largest absolute Gasteiger partial charge is 0.486 e. The van der Waals surface area contributed by atoms with Crippen molar-refractivity contribution in [2.24, 2.45) is 0 Å². The van der Waals surface area contributed by atoms with Crippen molar-refractivity contribution in [3.05, 3.63) is 88.7 Å². The van der Waals surface area contributed by atoms with Crippen molar-refractivity contribution in [2.75, 3.05) is 13.1 Å². The first-order valence-electron chi connectivity index (χ1n) is 10.5. The van der Waals surface area contributed by atoms with Crippen LogP contribution in [0.4, 0.5) is 17.6 Å². The molecule has 0 aromatic heterocycles. The first-order chi connectivity index (χ1) is 16.2. The maximum absolute atomic E-state index is 13.4. The number of hydrogen-bond acceptors (Lipinski definition) is 3. The number of alkyl halides is 3. The van der Waals surface area contributed by atoms with Gasteiger partial charge in [-0.1, -0.05) is 18.2 Å². The molecule has 5 rings (SSSR count). The van der Waals surface area contributed by atoms with Gasteiger partial charge in [-0.3, -0.25) is 9.59 Å². The van der Waals surface area contributed by atoms with E-state index in [1.165, 1.54) is 29.2 Å². The lowest BCUT2D eigenvalue weighted by Gasteiger charge is -2.39. The van der Waals surface area contributed by atoms with E-state index < -0.39 is 23.5 Å². The number of benzene rings is 3. The van der Waals surface area contributed by atoms with Crippen molar-refractivity contribution in [1.29, 1.82) is 0 Å². The second kappa shape index (κ2) is 8.16. The van der Waals surface area contributed by atoms with Crippen molar-refractivity contribution < 1.29 is 31.9 Å². The quantitative estimate of drug-likeness (QED) is 0.565. The fraction of sp³-hybridized carbons (Fsp3) is 0.200. The van der Waals surface area contributed by atoms with E-state index in [0.717, 1.165) is 17.7 Å². The molecule has 5 nitrogen and oxygen atoms in total. The molecule has 34 heavy (non-hydrogen) atoms. The predicted molar refractivity (Wildman–Crippen MR) is 115 cm³/mol. The van der Waals surface area contributed by atoms with Gasteiger partial charge in [0, 0.05) is 23.2 Å². The highest BCUT2D eigenvalue weighted by molar-refractivity contribution is 6.00. The second-order valence-electron chi connectivity index (χ2n) is 8.22. The number of amides is 2. The fourth-order valence-corrected chi connectivity index (χ4v) is 4.07. The minimum Gasteiger partial charge on any atom is -0.486 e. The lowest BCUT2D eigenvalue weighted by Crippen LogP contribution is -2.56. The molecule has 1 N–H and O–H groups in total. The zero-order chi connectivity index (χ0) is 24.0. The summed E-state index contributed by atoms with van der Waals surface area (Å²) in [4.78, 5) is 26.2. The number of halogens is 4. The zero-order valence-electron chi connectivity index (χ0n) is 17.7. The number of hydrogen-bond donors (Lipinski definition) is 1. The molecule has 0 aliphatic carbocycles.